The summed E-state index contributed by atoms with van der Waals surface area (Å²) < 4.78 is 12.4. The van der Waals surface area contributed by atoms with Crippen molar-refractivity contribution in [2.75, 3.05) is 5.73 Å². The fourth-order valence-electron chi connectivity index (χ4n) is 0.828. The fraction of sp³-hybridized carbons (Fsp3) is 0. The summed E-state index contributed by atoms with van der Waals surface area (Å²) >= 11 is 0. The quantitative estimate of drug-likeness (QED) is 0.523. The maximum absolute atomic E-state index is 12.4. The molecule has 0 bridgehead atoms. The fourth-order valence-corrected chi connectivity index (χ4v) is 0.828. The number of H-pyrrole nitrogens is 1. The molecule has 5 nitrogen and oxygen atoms in total. The monoisotopic (exact) mass is 152 g/mol. The molecule has 0 fully saturated rings. The molecule has 0 saturated heterocycles. The average molecular weight is 152 g/mol. The minimum absolute atomic E-state index is 0.0741. The Morgan fingerprint density at radius 1 is 1.45 bits per heavy atom. The van der Waals surface area contributed by atoms with Gasteiger partial charge in [0.25, 0.3) is 0 Å². The topological polar surface area (TPSA) is 80.5 Å². The maximum atomic E-state index is 12.4. The lowest BCUT2D eigenvalue weighted by Gasteiger charge is -1.91. The van der Waals surface area contributed by atoms with Crippen molar-refractivity contribution in [1.82, 2.24) is 19.9 Å². The van der Waals surface area contributed by atoms with Crippen molar-refractivity contribution >= 4 is 17.0 Å². The van der Waals surface area contributed by atoms with E-state index >= 15 is 0 Å². The number of rotatable bonds is 0. The highest BCUT2D eigenvalue weighted by atomic mass is 18.2. The van der Waals surface area contributed by atoms with Crippen molar-refractivity contribution in [3.8, 4) is 0 Å². The molecule has 11 heavy (non-hydrogen) atoms. The zero-order chi connectivity index (χ0) is 7.84. The van der Waals surface area contributed by atoms with E-state index in [0.717, 1.165) is 0 Å². The Balaban J connectivity index is 2.91. The number of aromatic nitrogens is 4. The molecule has 0 saturated carbocycles. The number of hydrogen-bond acceptors (Lipinski definition) is 4. The standard InChI is InChI=1S/C5H4FN5/c6-5-10-3(7)2-4(11-5)9-1-8-2/h1H,(H3,7,8,9,10,11)/i6-1. The third-order valence-electron chi connectivity index (χ3n) is 1.29. The van der Waals surface area contributed by atoms with Crippen LogP contribution >= 0.6 is 0 Å². The zero-order valence-electron chi connectivity index (χ0n) is 5.37. The first-order valence-corrected chi connectivity index (χ1v) is 2.89. The van der Waals surface area contributed by atoms with Gasteiger partial charge in [-0.05, 0) is 0 Å². The van der Waals surface area contributed by atoms with Gasteiger partial charge in [-0.2, -0.15) is 14.4 Å². The molecule has 56 valence electrons. The number of aromatic amines is 1. The highest BCUT2D eigenvalue weighted by molar-refractivity contribution is 5.80. The molecule has 2 aromatic heterocycles. The van der Waals surface area contributed by atoms with Gasteiger partial charge in [-0.25, -0.2) is 4.98 Å². The molecule has 0 aromatic carbocycles. The van der Waals surface area contributed by atoms with E-state index < -0.39 is 6.08 Å². The number of nitrogen functional groups attached to an aromatic ring is 1. The minimum Gasteiger partial charge on any atom is -0.382 e. The van der Waals surface area contributed by atoms with Crippen LogP contribution in [0.2, 0.25) is 0 Å². The molecule has 3 N–H and O–H groups in total. The molecular weight excluding hydrogens is 148 g/mol. The molecule has 2 heterocycles. The number of nitrogens with zero attached hydrogens (tertiary/aromatic N) is 3. The molecule has 6 heteroatoms. The Bertz CT molecular complexity index is 395. The van der Waals surface area contributed by atoms with Gasteiger partial charge in [0.1, 0.15) is 5.52 Å². The first-order valence-electron chi connectivity index (χ1n) is 2.89. The largest absolute Gasteiger partial charge is 0.382 e. The third-order valence-corrected chi connectivity index (χ3v) is 1.29. The molecule has 0 atom stereocenters. The normalized spacial score (nSPS) is 10.6. The maximum Gasteiger partial charge on any atom is 0.312 e. The number of anilines is 1. The number of nitrogens with two attached hydrogens (primary N) is 1. The van der Waals surface area contributed by atoms with Crippen LogP contribution in [0.15, 0.2) is 6.33 Å². The lowest BCUT2D eigenvalue weighted by atomic mass is 10.5. The van der Waals surface area contributed by atoms with E-state index in [4.69, 9.17) is 5.73 Å². The third kappa shape index (κ3) is 0.794. The van der Waals surface area contributed by atoms with Crippen LogP contribution in [-0.4, -0.2) is 19.9 Å². The lowest BCUT2D eigenvalue weighted by Crippen LogP contribution is -1.97. The van der Waals surface area contributed by atoms with Gasteiger partial charge in [0.15, 0.2) is 11.5 Å². The molecule has 0 spiro atoms. The Labute approximate surface area is 60.5 Å². The first kappa shape index (κ1) is 6.02. The summed E-state index contributed by atoms with van der Waals surface area (Å²) in [5, 5.41) is 0. The van der Waals surface area contributed by atoms with Gasteiger partial charge in [-0.15, -0.1) is 0 Å². The second-order valence-corrected chi connectivity index (χ2v) is 1.98. The Morgan fingerprint density at radius 2 is 2.27 bits per heavy atom. The Kier molecular flexibility index (Phi) is 1.03. The molecule has 0 aliphatic heterocycles. The summed E-state index contributed by atoms with van der Waals surface area (Å²) in [4.78, 5) is 13.1. The summed E-state index contributed by atoms with van der Waals surface area (Å²) in [5.74, 6) is 0.0741. The van der Waals surface area contributed by atoms with Crippen LogP contribution < -0.4 is 5.73 Å². The van der Waals surface area contributed by atoms with Gasteiger partial charge in [0, 0.05) is 0 Å². The van der Waals surface area contributed by atoms with Crippen molar-refractivity contribution in [3.05, 3.63) is 12.4 Å². The van der Waals surface area contributed by atoms with E-state index in [0.29, 0.717) is 5.52 Å². The predicted molar refractivity (Wildman–Crippen MR) is 36.1 cm³/mol. The van der Waals surface area contributed by atoms with E-state index in [1.165, 1.54) is 6.33 Å². The molecule has 2 aromatic rings. The smallest absolute Gasteiger partial charge is 0.312 e. The minimum atomic E-state index is -0.859. The van der Waals surface area contributed by atoms with Crippen LogP contribution in [-0.2, 0) is 0 Å². The van der Waals surface area contributed by atoms with E-state index in [1.54, 1.807) is 0 Å². The Morgan fingerprint density at radius 3 is 3.09 bits per heavy atom. The summed E-state index contributed by atoms with van der Waals surface area (Å²) in [6.45, 7) is 0. The van der Waals surface area contributed by atoms with Gasteiger partial charge in [0.05, 0.1) is 6.33 Å². The van der Waals surface area contributed by atoms with Crippen molar-refractivity contribution in [1.29, 1.82) is 0 Å². The second kappa shape index (κ2) is 1.88. The summed E-state index contributed by atoms with van der Waals surface area (Å²) in [7, 11) is 0. The van der Waals surface area contributed by atoms with Crippen LogP contribution in [0.1, 0.15) is 0 Å². The van der Waals surface area contributed by atoms with Gasteiger partial charge in [-0.3, -0.25) is 0 Å². The van der Waals surface area contributed by atoms with E-state index in [9.17, 15) is 4.39 Å². The summed E-state index contributed by atoms with van der Waals surface area (Å²) in [5.41, 5.74) is 6.05. The number of halogens is 1. The first-order chi connectivity index (χ1) is 5.27. The molecule has 0 amide bonds. The van der Waals surface area contributed by atoms with Crippen molar-refractivity contribution < 1.29 is 4.39 Å². The number of imidazole rings is 1. The van der Waals surface area contributed by atoms with Crippen LogP contribution in [0.25, 0.3) is 11.2 Å². The summed E-state index contributed by atoms with van der Waals surface area (Å²) in [6.07, 6.45) is 0.525. The zero-order valence-corrected chi connectivity index (χ0v) is 5.37. The van der Waals surface area contributed by atoms with Crippen LogP contribution in [0, 0.1) is 6.08 Å². The van der Waals surface area contributed by atoms with Crippen molar-refractivity contribution in [3.63, 3.8) is 0 Å². The van der Waals surface area contributed by atoms with Gasteiger partial charge >= 0.3 is 6.08 Å². The Hall–Kier alpha value is -1.72. The molecule has 0 aliphatic rings. The van der Waals surface area contributed by atoms with Gasteiger partial charge in [0.2, 0.25) is 0 Å². The molecular formula is C5H4FN5. The summed E-state index contributed by atoms with van der Waals surface area (Å²) in [6, 6.07) is 0. The highest BCUT2D eigenvalue weighted by Gasteiger charge is 2.04. The highest BCUT2D eigenvalue weighted by Crippen LogP contribution is 2.11. The molecule has 0 radical (unpaired) electrons. The number of nitrogens with one attached hydrogen (secondary N) is 1. The lowest BCUT2D eigenvalue weighted by molar-refractivity contribution is 0.546. The van der Waals surface area contributed by atoms with Crippen molar-refractivity contribution in [2.45, 2.75) is 0 Å². The van der Waals surface area contributed by atoms with E-state index in [1.807, 2.05) is 0 Å². The van der Waals surface area contributed by atoms with Crippen molar-refractivity contribution in [2.24, 2.45) is 0 Å². The average Bonchev–Trinajstić information content (AvgIpc) is 2.34. The van der Waals surface area contributed by atoms with E-state index in [2.05, 4.69) is 19.9 Å². The van der Waals surface area contributed by atoms with Gasteiger partial charge < -0.3 is 10.7 Å². The number of hydrogen-bond donors (Lipinski definition) is 2. The molecule has 0 aliphatic carbocycles. The van der Waals surface area contributed by atoms with Crippen LogP contribution in [0.5, 0.6) is 0 Å². The number of fused-ring (bicyclic) bond motifs is 1. The van der Waals surface area contributed by atoms with Crippen LogP contribution in [0.3, 0.4) is 0 Å². The van der Waals surface area contributed by atoms with E-state index in [-0.39, 0.29) is 11.5 Å². The van der Waals surface area contributed by atoms with Gasteiger partial charge in [-0.1, -0.05) is 0 Å². The SMILES string of the molecule is Nc1nc([18F])nc2nc[nH]c12. The molecule has 0 unspecified atom stereocenters. The van der Waals surface area contributed by atoms with Crippen LogP contribution in [0.4, 0.5) is 10.2 Å². The second-order valence-electron chi connectivity index (χ2n) is 1.98. The molecule has 2 rings (SSSR count). The predicted octanol–water partition coefficient (Wildman–Crippen LogP) is 0.0742.